The second-order valence-corrected chi connectivity index (χ2v) is 6.52. The average molecular weight is 380 g/mol. The van der Waals surface area contributed by atoms with Crippen molar-refractivity contribution >= 4 is 5.91 Å². The van der Waals surface area contributed by atoms with Gasteiger partial charge in [-0.05, 0) is 37.1 Å². The number of nitrogens with zero attached hydrogens (tertiary/aromatic N) is 1. The third kappa shape index (κ3) is 4.91. The van der Waals surface area contributed by atoms with E-state index in [-0.39, 0.29) is 12.3 Å². The number of carbonyl (C=O) groups excluding carboxylic acids is 1. The number of hydrogen-bond donors (Lipinski definition) is 1. The van der Waals surface area contributed by atoms with Crippen molar-refractivity contribution in [2.75, 3.05) is 7.11 Å². The molecule has 28 heavy (non-hydrogen) atoms. The van der Waals surface area contributed by atoms with E-state index in [1.807, 2.05) is 62.4 Å². The summed E-state index contributed by atoms with van der Waals surface area (Å²) < 4.78 is 16.4. The normalized spacial score (nSPS) is 10.5. The van der Waals surface area contributed by atoms with Gasteiger partial charge in [-0.15, -0.1) is 0 Å². The highest BCUT2D eigenvalue weighted by molar-refractivity contribution is 5.79. The van der Waals surface area contributed by atoms with Gasteiger partial charge in [0.1, 0.15) is 12.4 Å². The number of amides is 1. The lowest BCUT2D eigenvalue weighted by molar-refractivity contribution is -0.120. The van der Waals surface area contributed by atoms with Gasteiger partial charge in [0.25, 0.3) is 0 Å². The lowest BCUT2D eigenvalue weighted by Gasteiger charge is -2.13. The van der Waals surface area contributed by atoms with Crippen LogP contribution in [-0.2, 0) is 24.4 Å². The van der Waals surface area contributed by atoms with Crippen molar-refractivity contribution in [1.82, 2.24) is 10.5 Å². The second-order valence-electron chi connectivity index (χ2n) is 6.52. The summed E-state index contributed by atoms with van der Waals surface area (Å²) in [5.41, 5.74) is 3.59. The summed E-state index contributed by atoms with van der Waals surface area (Å²) in [6, 6.07) is 15.6. The Labute approximate surface area is 164 Å². The number of hydrogen-bond acceptors (Lipinski definition) is 5. The van der Waals surface area contributed by atoms with Crippen molar-refractivity contribution in [2.24, 2.45) is 0 Å². The molecule has 1 aromatic heterocycles. The summed E-state index contributed by atoms with van der Waals surface area (Å²) >= 11 is 0. The Balaban J connectivity index is 1.58. The topological polar surface area (TPSA) is 73.6 Å². The molecule has 0 bridgehead atoms. The fourth-order valence-electron chi connectivity index (χ4n) is 2.85. The predicted molar refractivity (Wildman–Crippen MR) is 105 cm³/mol. The number of aromatic nitrogens is 1. The molecule has 1 N–H and O–H groups in total. The molecule has 3 rings (SSSR count). The summed E-state index contributed by atoms with van der Waals surface area (Å²) in [4.78, 5) is 12.2. The number of ether oxygens (including phenoxy) is 2. The molecule has 0 fully saturated rings. The fraction of sp³-hybridized carbons (Fsp3) is 0.273. The van der Waals surface area contributed by atoms with E-state index in [0.29, 0.717) is 30.4 Å². The fourth-order valence-corrected chi connectivity index (χ4v) is 2.85. The van der Waals surface area contributed by atoms with Crippen molar-refractivity contribution in [1.29, 1.82) is 0 Å². The molecular weight excluding hydrogens is 356 g/mol. The van der Waals surface area contributed by atoms with Crippen LogP contribution in [0.4, 0.5) is 0 Å². The Morgan fingerprint density at radius 2 is 1.86 bits per heavy atom. The van der Waals surface area contributed by atoms with E-state index >= 15 is 0 Å². The molecule has 0 saturated carbocycles. The maximum atomic E-state index is 12.2. The highest BCUT2D eigenvalue weighted by Gasteiger charge is 2.13. The Bertz CT molecular complexity index is 915. The first-order valence-corrected chi connectivity index (χ1v) is 9.09. The molecular formula is C22H24N2O4. The van der Waals surface area contributed by atoms with Gasteiger partial charge in [0.2, 0.25) is 5.91 Å². The van der Waals surface area contributed by atoms with E-state index in [0.717, 1.165) is 22.4 Å². The van der Waals surface area contributed by atoms with E-state index in [2.05, 4.69) is 10.5 Å². The summed E-state index contributed by atoms with van der Waals surface area (Å²) in [7, 11) is 1.60. The summed E-state index contributed by atoms with van der Waals surface area (Å²) in [5.74, 6) is 1.89. The maximum absolute atomic E-state index is 12.2. The number of methoxy groups -OCH3 is 1. The molecule has 146 valence electrons. The number of nitrogens with one attached hydrogen (secondary N) is 1. The van der Waals surface area contributed by atoms with Crippen LogP contribution in [0, 0.1) is 13.8 Å². The second kappa shape index (κ2) is 9.08. The third-order valence-corrected chi connectivity index (χ3v) is 4.47. The first-order chi connectivity index (χ1) is 13.6. The maximum Gasteiger partial charge on any atom is 0.224 e. The number of rotatable bonds is 8. The quantitative estimate of drug-likeness (QED) is 0.644. The first-order valence-electron chi connectivity index (χ1n) is 9.09. The Kier molecular flexibility index (Phi) is 6.32. The van der Waals surface area contributed by atoms with E-state index in [1.165, 1.54) is 0 Å². The lowest BCUT2D eigenvalue weighted by Crippen LogP contribution is -2.25. The smallest absolute Gasteiger partial charge is 0.224 e. The van der Waals surface area contributed by atoms with E-state index in [4.69, 9.17) is 14.0 Å². The number of carbonyl (C=O) groups is 1. The van der Waals surface area contributed by atoms with Gasteiger partial charge in [0.05, 0.1) is 19.2 Å². The van der Waals surface area contributed by atoms with Crippen molar-refractivity contribution in [2.45, 2.75) is 33.4 Å². The van der Waals surface area contributed by atoms with Gasteiger partial charge in [-0.1, -0.05) is 41.6 Å². The van der Waals surface area contributed by atoms with Crippen LogP contribution >= 0.6 is 0 Å². The van der Waals surface area contributed by atoms with Crippen molar-refractivity contribution in [3.05, 3.63) is 76.7 Å². The van der Waals surface area contributed by atoms with Crippen molar-refractivity contribution < 1.29 is 18.8 Å². The predicted octanol–water partition coefficient (Wildman–Crippen LogP) is 3.74. The summed E-state index contributed by atoms with van der Waals surface area (Å²) in [5, 5.41) is 6.79. The third-order valence-electron chi connectivity index (χ3n) is 4.47. The minimum Gasteiger partial charge on any atom is -0.493 e. The summed E-state index contributed by atoms with van der Waals surface area (Å²) in [6.45, 7) is 4.50. The van der Waals surface area contributed by atoms with Gasteiger partial charge in [0.15, 0.2) is 11.5 Å². The molecule has 3 aromatic rings. The minimum atomic E-state index is -0.0854. The molecule has 0 radical (unpaired) electrons. The van der Waals surface area contributed by atoms with Gasteiger partial charge in [-0.25, -0.2) is 0 Å². The van der Waals surface area contributed by atoms with Gasteiger partial charge in [-0.3, -0.25) is 4.79 Å². The first kappa shape index (κ1) is 19.5. The van der Waals surface area contributed by atoms with Gasteiger partial charge >= 0.3 is 0 Å². The zero-order valence-electron chi connectivity index (χ0n) is 16.3. The molecule has 0 unspecified atom stereocenters. The molecule has 0 aliphatic rings. The SMILES string of the molecule is COc1cc(CNC(=O)Cc2c(C)noc2C)ccc1OCc1ccccc1. The Morgan fingerprint density at radius 3 is 2.54 bits per heavy atom. The number of benzene rings is 2. The van der Waals surface area contributed by atoms with Crippen LogP contribution in [0.15, 0.2) is 53.1 Å². The molecule has 0 atom stereocenters. The van der Waals surface area contributed by atoms with Crippen LogP contribution in [0.5, 0.6) is 11.5 Å². The largest absolute Gasteiger partial charge is 0.493 e. The molecule has 6 heteroatoms. The average Bonchev–Trinajstić information content (AvgIpc) is 3.03. The van der Waals surface area contributed by atoms with Gasteiger partial charge < -0.3 is 19.3 Å². The molecule has 2 aromatic carbocycles. The molecule has 0 aliphatic carbocycles. The highest BCUT2D eigenvalue weighted by Crippen LogP contribution is 2.29. The van der Waals surface area contributed by atoms with E-state index in [9.17, 15) is 4.79 Å². The molecule has 1 amide bonds. The van der Waals surface area contributed by atoms with Gasteiger partial charge in [-0.2, -0.15) is 0 Å². The molecule has 1 heterocycles. The molecule has 0 saturated heterocycles. The van der Waals surface area contributed by atoms with E-state index in [1.54, 1.807) is 7.11 Å². The van der Waals surface area contributed by atoms with Crippen LogP contribution in [-0.4, -0.2) is 18.2 Å². The zero-order valence-corrected chi connectivity index (χ0v) is 16.3. The highest BCUT2D eigenvalue weighted by atomic mass is 16.5. The Morgan fingerprint density at radius 1 is 1.07 bits per heavy atom. The Hall–Kier alpha value is -3.28. The van der Waals surface area contributed by atoms with E-state index < -0.39 is 0 Å². The van der Waals surface area contributed by atoms with Crippen molar-refractivity contribution in [3.63, 3.8) is 0 Å². The van der Waals surface area contributed by atoms with Crippen LogP contribution in [0.25, 0.3) is 0 Å². The minimum absolute atomic E-state index is 0.0854. The zero-order chi connectivity index (χ0) is 19.9. The van der Waals surface area contributed by atoms with Crippen LogP contribution < -0.4 is 14.8 Å². The lowest BCUT2D eigenvalue weighted by atomic mass is 10.1. The van der Waals surface area contributed by atoms with Crippen LogP contribution in [0.3, 0.4) is 0 Å². The summed E-state index contributed by atoms with van der Waals surface area (Å²) in [6.07, 6.45) is 0.247. The van der Waals surface area contributed by atoms with Crippen molar-refractivity contribution in [3.8, 4) is 11.5 Å². The molecule has 0 aliphatic heterocycles. The molecule has 6 nitrogen and oxygen atoms in total. The van der Waals surface area contributed by atoms with Crippen LogP contribution in [0.2, 0.25) is 0 Å². The van der Waals surface area contributed by atoms with Gasteiger partial charge in [0, 0.05) is 12.1 Å². The standard InChI is InChI=1S/C22H24N2O4/c1-15-19(16(2)28-24-15)12-22(25)23-13-18-9-10-20(21(11-18)26-3)27-14-17-7-5-4-6-8-17/h4-11H,12-14H2,1-3H3,(H,23,25). The molecule has 0 spiro atoms. The monoisotopic (exact) mass is 380 g/mol. The van der Waals surface area contributed by atoms with Crippen LogP contribution in [0.1, 0.15) is 28.1 Å². The number of aryl methyl sites for hydroxylation is 2.